The zero-order valence-corrected chi connectivity index (χ0v) is 12.0. The van der Waals surface area contributed by atoms with E-state index in [9.17, 15) is 0 Å². The predicted octanol–water partition coefficient (Wildman–Crippen LogP) is 3.43. The lowest BCUT2D eigenvalue weighted by atomic mass is 10.2. The van der Waals surface area contributed by atoms with Gasteiger partial charge in [-0.3, -0.25) is 0 Å². The number of imidazole rings is 1. The summed E-state index contributed by atoms with van der Waals surface area (Å²) >= 11 is 3.48. The minimum absolute atomic E-state index is 1.10. The molecule has 0 aliphatic carbocycles. The third-order valence-corrected chi connectivity index (χ3v) is 3.87. The average molecular weight is 302 g/mol. The summed E-state index contributed by atoms with van der Waals surface area (Å²) in [6, 6.07) is 16.9. The van der Waals surface area contributed by atoms with Crippen LogP contribution in [0.1, 0.15) is 0 Å². The third-order valence-electron chi connectivity index (χ3n) is 3.34. The lowest BCUT2D eigenvalue weighted by Gasteiger charge is -1.99. The summed E-state index contributed by atoms with van der Waals surface area (Å²) < 4.78 is 5.57. The summed E-state index contributed by atoms with van der Waals surface area (Å²) in [5, 5.41) is 0. The SMILES string of the molecule is Cn1c(-c2ccc(Br)cc2)[n+](C)c2ccccc21. The second-order valence-corrected chi connectivity index (χ2v) is 5.35. The van der Waals surface area contributed by atoms with Gasteiger partial charge in [0.25, 0.3) is 5.82 Å². The van der Waals surface area contributed by atoms with E-state index in [0.29, 0.717) is 0 Å². The van der Waals surface area contributed by atoms with Gasteiger partial charge in [-0.1, -0.05) is 28.1 Å². The maximum absolute atomic E-state index is 3.48. The monoisotopic (exact) mass is 301 g/mol. The Bertz CT molecular complexity index is 672. The first-order chi connectivity index (χ1) is 8.68. The van der Waals surface area contributed by atoms with Crippen molar-refractivity contribution < 1.29 is 4.57 Å². The van der Waals surface area contributed by atoms with E-state index < -0.39 is 0 Å². The normalized spacial score (nSPS) is 11.1. The molecule has 18 heavy (non-hydrogen) atoms. The Morgan fingerprint density at radius 3 is 2.33 bits per heavy atom. The number of aromatic nitrogens is 2. The number of para-hydroxylation sites is 2. The fraction of sp³-hybridized carbons (Fsp3) is 0.133. The van der Waals surface area contributed by atoms with Gasteiger partial charge in [-0.15, -0.1) is 0 Å². The molecule has 0 unspecified atom stereocenters. The van der Waals surface area contributed by atoms with Crippen LogP contribution in [0.15, 0.2) is 53.0 Å². The van der Waals surface area contributed by atoms with Gasteiger partial charge in [0.05, 0.1) is 19.7 Å². The molecule has 90 valence electrons. The molecule has 0 atom stereocenters. The summed E-state index contributed by atoms with van der Waals surface area (Å²) in [6.45, 7) is 0. The fourth-order valence-corrected chi connectivity index (χ4v) is 2.74. The van der Waals surface area contributed by atoms with Gasteiger partial charge in [-0.25, -0.2) is 9.13 Å². The standard InChI is InChI=1S/C15H14BrN2/c1-17-13-5-3-4-6-14(13)18(2)15(17)11-7-9-12(16)10-8-11/h3-10H,1-2H3/q+1. The lowest BCUT2D eigenvalue weighted by molar-refractivity contribution is -0.634. The van der Waals surface area contributed by atoms with Crippen LogP contribution < -0.4 is 4.57 Å². The van der Waals surface area contributed by atoms with Gasteiger partial charge in [0.2, 0.25) is 0 Å². The highest BCUT2D eigenvalue weighted by atomic mass is 79.9. The van der Waals surface area contributed by atoms with E-state index >= 15 is 0 Å². The zero-order chi connectivity index (χ0) is 12.7. The second-order valence-electron chi connectivity index (χ2n) is 4.44. The molecule has 0 aliphatic rings. The lowest BCUT2D eigenvalue weighted by Crippen LogP contribution is -2.29. The van der Waals surface area contributed by atoms with Crippen LogP contribution in [0, 0.1) is 0 Å². The van der Waals surface area contributed by atoms with Crippen molar-refractivity contribution in [1.29, 1.82) is 0 Å². The minimum Gasteiger partial charge on any atom is -0.226 e. The number of fused-ring (bicyclic) bond motifs is 1. The van der Waals surface area contributed by atoms with Crippen molar-refractivity contribution in [1.82, 2.24) is 4.57 Å². The number of aryl methyl sites for hydroxylation is 2. The van der Waals surface area contributed by atoms with E-state index in [4.69, 9.17) is 0 Å². The van der Waals surface area contributed by atoms with E-state index in [-0.39, 0.29) is 0 Å². The summed E-state index contributed by atoms with van der Waals surface area (Å²) in [5.74, 6) is 1.21. The first-order valence-electron chi connectivity index (χ1n) is 5.88. The number of rotatable bonds is 1. The second kappa shape index (κ2) is 4.25. The largest absolute Gasteiger partial charge is 0.289 e. The zero-order valence-electron chi connectivity index (χ0n) is 10.4. The summed E-state index contributed by atoms with van der Waals surface area (Å²) in [6.07, 6.45) is 0. The van der Waals surface area contributed by atoms with Gasteiger partial charge in [0, 0.05) is 4.47 Å². The highest BCUT2D eigenvalue weighted by Gasteiger charge is 2.20. The van der Waals surface area contributed by atoms with E-state index in [0.717, 1.165) is 4.47 Å². The Kier molecular flexibility index (Phi) is 2.71. The van der Waals surface area contributed by atoms with Gasteiger partial charge in [-0.05, 0) is 36.4 Å². The average Bonchev–Trinajstić information content (AvgIpc) is 2.64. The quantitative estimate of drug-likeness (QED) is 0.609. The van der Waals surface area contributed by atoms with Crippen LogP contribution in [-0.2, 0) is 14.1 Å². The number of halogens is 1. The van der Waals surface area contributed by atoms with Crippen LogP contribution in [0.3, 0.4) is 0 Å². The molecule has 0 fully saturated rings. The third kappa shape index (κ3) is 1.66. The summed E-state index contributed by atoms with van der Waals surface area (Å²) in [4.78, 5) is 0. The Morgan fingerprint density at radius 1 is 1.00 bits per heavy atom. The molecule has 1 aromatic heterocycles. The van der Waals surface area contributed by atoms with Crippen LogP contribution >= 0.6 is 15.9 Å². The number of nitrogens with zero attached hydrogens (tertiary/aromatic N) is 2. The Hall–Kier alpha value is -1.61. The van der Waals surface area contributed by atoms with Gasteiger partial charge < -0.3 is 0 Å². The smallest absolute Gasteiger partial charge is 0.226 e. The van der Waals surface area contributed by atoms with Crippen LogP contribution in [-0.4, -0.2) is 4.57 Å². The number of hydrogen-bond donors (Lipinski definition) is 0. The summed E-state index contributed by atoms with van der Waals surface area (Å²) in [5.41, 5.74) is 3.72. The van der Waals surface area contributed by atoms with E-state index in [1.165, 1.54) is 22.4 Å². The van der Waals surface area contributed by atoms with E-state index in [1.807, 2.05) is 0 Å². The maximum atomic E-state index is 3.48. The highest BCUT2D eigenvalue weighted by Crippen LogP contribution is 2.23. The van der Waals surface area contributed by atoms with Gasteiger partial charge in [-0.2, -0.15) is 0 Å². The first kappa shape index (κ1) is 11.5. The molecule has 0 aliphatic heterocycles. The molecule has 1 heterocycles. The maximum Gasteiger partial charge on any atom is 0.289 e. The molecule has 0 saturated carbocycles. The molecule has 3 aromatic rings. The molecule has 0 amide bonds. The van der Waals surface area contributed by atoms with Gasteiger partial charge in [0.1, 0.15) is 0 Å². The first-order valence-corrected chi connectivity index (χ1v) is 6.67. The molecule has 0 spiro atoms. The molecule has 0 radical (unpaired) electrons. The fourth-order valence-electron chi connectivity index (χ4n) is 2.47. The van der Waals surface area contributed by atoms with Crippen molar-refractivity contribution in [3.05, 3.63) is 53.0 Å². The van der Waals surface area contributed by atoms with Crippen LogP contribution in [0.5, 0.6) is 0 Å². The molecule has 2 aromatic carbocycles. The van der Waals surface area contributed by atoms with Crippen molar-refractivity contribution >= 4 is 27.0 Å². The minimum atomic E-state index is 1.10. The molecule has 0 saturated heterocycles. The highest BCUT2D eigenvalue weighted by molar-refractivity contribution is 9.10. The summed E-state index contributed by atoms with van der Waals surface area (Å²) in [7, 11) is 4.22. The number of hydrogen-bond acceptors (Lipinski definition) is 0. The van der Waals surface area contributed by atoms with E-state index in [2.05, 4.69) is 87.7 Å². The van der Waals surface area contributed by atoms with Gasteiger partial charge >= 0.3 is 0 Å². The van der Waals surface area contributed by atoms with Crippen molar-refractivity contribution in [2.75, 3.05) is 0 Å². The Morgan fingerprint density at radius 2 is 1.67 bits per heavy atom. The Labute approximate surface area is 115 Å². The molecule has 3 heteroatoms. The topological polar surface area (TPSA) is 8.81 Å². The molecule has 2 nitrogen and oxygen atoms in total. The molecule has 0 bridgehead atoms. The van der Waals surface area contributed by atoms with Gasteiger partial charge in [0.15, 0.2) is 11.0 Å². The molecule has 0 N–H and O–H groups in total. The van der Waals surface area contributed by atoms with Crippen LogP contribution in [0.25, 0.3) is 22.4 Å². The molecular weight excluding hydrogens is 288 g/mol. The Balaban J connectivity index is 2.32. The predicted molar refractivity (Wildman–Crippen MR) is 77.2 cm³/mol. The molecule has 3 rings (SSSR count). The van der Waals surface area contributed by atoms with Crippen molar-refractivity contribution in [3.8, 4) is 11.4 Å². The molecular formula is C15H14BrN2+. The van der Waals surface area contributed by atoms with Crippen molar-refractivity contribution in [2.24, 2.45) is 14.1 Å². The van der Waals surface area contributed by atoms with Crippen LogP contribution in [0.2, 0.25) is 0 Å². The number of benzene rings is 2. The van der Waals surface area contributed by atoms with E-state index in [1.54, 1.807) is 0 Å². The van der Waals surface area contributed by atoms with Crippen molar-refractivity contribution in [3.63, 3.8) is 0 Å². The van der Waals surface area contributed by atoms with Crippen LogP contribution in [0.4, 0.5) is 0 Å². The van der Waals surface area contributed by atoms with Crippen molar-refractivity contribution in [2.45, 2.75) is 0 Å².